The van der Waals surface area contributed by atoms with Crippen molar-refractivity contribution in [2.45, 2.75) is 39.0 Å². The molecule has 3 rings (SSSR count). The fraction of sp³-hybridized carbons (Fsp3) is 0.400. The van der Waals surface area contributed by atoms with Crippen LogP contribution in [0.15, 0.2) is 35.6 Å². The van der Waals surface area contributed by atoms with Gasteiger partial charge in [0, 0.05) is 24.8 Å². The van der Waals surface area contributed by atoms with Gasteiger partial charge in [0.1, 0.15) is 11.3 Å². The molecule has 0 atom stereocenters. The van der Waals surface area contributed by atoms with Gasteiger partial charge >= 0.3 is 0 Å². The highest BCUT2D eigenvalue weighted by Crippen LogP contribution is 2.30. The van der Waals surface area contributed by atoms with Crippen LogP contribution >= 0.6 is 11.8 Å². The molecule has 2 aromatic heterocycles. The van der Waals surface area contributed by atoms with Crippen LogP contribution in [0.25, 0.3) is 11.4 Å². The van der Waals surface area contributed by atoms with Crippen molar-refractivity contribution in [3.63, 3.8) is 0 Å². The molecule has 9 heteroatoms. The maximum atomic E-state index is 12.5. The maximum Gasteiger partial charge on any atom is 0.243 e. The Morgan fingerprint density at radius 1 is 1.10 bits per heavy atom. The van der Waals surface area contributed by atoms with Gasteiger partial charge in [-0.2, -0.15) is 0 Å². The molecule has 0 saturated heterocycles. The Hall–Kier alpha value is -2.81. The van der Waals surface area contributed by atoms with E-state index >= 15 is 0 Å². The maximum absolute atomic E-state index is 12.5. The number of ether oxygens (including phenoxy) is 2. The molecule has 29 heavy (non-hydrogen) atoms. The molecule has 3 aromatic rings. The molecule has 0 radical (unpaired) electrons. The average Bonchev–Trinajstić information content (AvgIpc) is 3.35. The van der Waals surface area contributed by atoms with Crippen LogP contribution in [-0.2, 0) is 13.1 Å². The summed E-state index contributed by atoms with van der Waals surface area (Å²) in [6, 6.07) is 7.10. The molecule has 0 spiro atoms. The molecule has 154 valence electrons. The molecule has 8 nitrogen and oxygen atoms in total. The topological polar surface area (TPSA) is 84.1 Å². The fourth-order valence-corrected chi connectivity index (χ4v) is 3.73. The smallest absolute Gasteiger partial charge is 0.243 e. The number of Topliss-reactive ketones (excluding diaryl/α,β-unsaturated/α-hetero) is 1. The van der Waals surface area contributed by atoms with Gasteiger partial charge in [0.15, 0.2) is 16.8 Å². The lowest BCUT2D eigenvalue weighted by atomic mass is 10.1. The number of nitrogens with zero attached hydrogens (tertiary/aromatic N) is 5. The van der Waals surface area contributed by atoms with E-state index in [-0.39, 0.29) is 11.5 Å². The van der Waals surface area contributed by atoms with Gasteiger partial charge in [0.25, 0.3) is 0 Å². The van der Waals surface area contributed by atoms with E-state index in [1.807, 2.05) is 36.2 Å². The SMILES string of the molecule is CCOc1nn(CC)cc1-c1nnc(SCC(=O)c2ccc(OC)cc2)n1CC. The van der Waals surface area contributed by atoms with E-state index in [0.29, 0.717) is 35.6 Å². The molecule has 0 aliphatic carbocycles. The number of rotatable bonds is 10. The molecule has 0 bridgehead atoms. The molecule has 0 unspecified atom stereocenters. The number of aromatic nitrogens is 5. The second kappa shape index (κ2) is 9.60. The van der Waals surface area contributed by atoms with Gasteiger partial charge in [0.05, 0.1) is 19.5 Å². The normalized spacial score (nSPS) is 10.9. The van der Waals surface area contributed by atoms with Gasteiger partial charge in [-0.05, 0) is 45.0 Å². The molecule has 0 fully saturated rings. The quantitative estimate of drug-likeness (QED) is 0.370. The first-order valence-electron chi connectivity index (χ1n) is 9.55. The number of aryl methyl sites for hydroxylation is 1. The standard InChI is InChI=1S/C20H25N5O3S/c1-5-24-12-16(19(23-24)28-7-3)18-21-22-20(25(18)6-2)29-13-17(26)14-8-10-15(27-4)11-9-14/h8-12H,5-7,13H2,1-4H3. The third kappa shape index (κ3) is 4.61. The minimum atomic E-state index is 0.0265. The van der Waals surface area contributed by atoms with E-state index in [1.165, 1.54) is 11.8 Å². The van der Waals surface area contributed by atoms with Gasteiger partial charge in [-0.1, -0.05) is 11.8 Å². The van der Waals surface area contributed by atoms with Crippen molar-refractivity contribution in [2.75, 3.05) is 19.5 Å². The fourth-order valence-electron chi connectivity index (χ4n) is 2.83. The molecule has 0 saturated carbocycles. The Balaban J connectivity index is 1.79. The first-order valence-corrected chi connectivity index (χ1v) is 10.5. The number of benzene rings is 1. The van der Waals surface area contributed by atoms with Crippen molar-refractivity contribution in [3.05, 3.63) is 36.0 Å². The summed E-state index contributed by atoms with van der Waals surface area (Å²) >= 11 is 1.37. The second-order valence-electron chi connectivity index (χ2n) is 6.13. The van der Waals surface area contributed by atoms with Gasteiger partial charge in [-0.3, -0.25) is 9.48 Å². The predicted octanol–water partition coefficient (Wildman–Crippen LogP) is 3.56. The number of ketones is 1. The van der Waals surface area contributed by atoms with E-state index in [0.717, 1.165) is 17.9 Å². The lowest BCUT2D eigenvalue weighted by Crippen LogP contribution is -2.05. The largest absolute Gasteiger partial charge is 0.497 e. The van der Waals surface area contributed by atoms with E-state index < -0.39 is 0 Å². The number of hydrogen-bond acceptors (Lipinski definition) is 7. The average molecular weight is 416 g/mol. The Morgan fingerprint density at radius 2 is 1.86 bits per heavy atom. The zero-order valence-electron chi connectivity index (χ0n) is 17.1. The van der Waals surface area contributed by atoms with Crippen molar-refractivity contribution in [3.8, 4) is 23.0 Å². The van der Waals surface area contributed by atoms with Crippen molar-refractivity contribution in [1.29, 1.82) is 0 Å². The van der Waals surface area contributed by atoms with Crippen LogP contribution in [0.5, 0.6) is 11.6 Å². The van der Waals surface area contributed by atoms with Crippen LogP contribution in [-0.4, -0.2) is 49.8 Å². The van der Waals surface area contributed by atoms with Crippen molar-refractivity contribution in [1.82, 2.24) is 24.5 Å². The monoisotopic (exact) mass is 415 g/mol. The molecule has 0 aliphatic rings. The van der Waals surface area contributed by atoms with Crippen LogP contribution in [0.4, 0.5) is 0 Å². The zero-order valence-corrected chi connectivity index (χ0v) is 17.9. The zero-order chi connectivity index (χ0) is 20.8. The summed E-state index contributed by atoms with van der Waals surface area (Å²) in [7, 11) is 1.60. The van der Waals surface area contributed by atoms with E-state index in [9.17, 15) is 4.79 Å². The summed E-state index contributed by atoms with van der Waals surface area (Å²) < 4.78 is 14.6. The molecule has 1 aromatic carbocycles. The second-order valence-corrected chi connectivity index (χ2v) is 7.07. The first-order chi connectivity index (χ1) is 14.1. The lowest BCUT2D eigenvalue weighted by Gasteiger charge is -2.07. The molecule has 2 heterocycles. The minimum absolute atomic E-state index is 0.0265. The van der Waals surface area contributed by atoms with Crippen molar-refractivity contribution in [2.24, 2.45) is 0 Å². The van der Waals surface area contributed by atoms with Gasteiger partial charge in [0.2, 0.25) is 5.88 Å². The first kappa shape index (κ1) is 20.9. The van der Waals surface area contributed by atoms with Gasteiger partial charge in [-0.15, -0.1) is 15.3 Å². The summed E-state index contributed by atoms with van der Waals surface area (Å²) in [5.74, 6) is 2.26. The van der Waals surface area contributed by atoms with Gasteiger partial charge < -0.3 is 14.0 Å². The Bertz CT molecular complexity index is 965. The number of carbonyl (C=O) groups excluding carboxylic acids is 1. The van der Waals surface area contributed by atoms with Crippen molar-refractivity contribution < 1.29 is 14.3 Å². The van der Waals surface area contributed by atoms with Gasteiger partial charge in [-0.25, -0.2) is 0 Å². The number of hydrogen-bond donors (Lipinski definition) is 0. The molecule has 0 N–H and O–H groups in total. The highest BCUT2D eigenvalue weighted by atomic mass is 32.2. The summed E-state index contributed by atoms with van der Waals surface area (Å²) in [5.41, 5.74) is 1.44. The number of thioether (sulfide) groups is 1. The predicted molar refractivity (Wildman–Crippen MR) is 112 cm³/mol. The summed E-state index contributed by atoms with van der Waals surface area (Å²) in [5, 5.41) is 13.8. The molecule has 0 aliphatic heterocycles. The minimum Gasteiger partial charge on any atom is -0.497 e. The Morgan fingerprint density at radius 3 is 2.48 bits per heavy atom. The summed E-state index contributed by atoms with van der Waals surface area (Å²) in [6.07, 6.45) is 1.91. The van der Waals surface area contributed by atoms with Crippen LogP contribution in [0.2, 0.25) is 0 Å². The lowest BCUT2D eigenvalue weighted by molar-refractivity contribution is 0.102. The Kier molecular flexibility index (Phi) is 6.92. The van der Waals surface area contributed by atoms with E-state index in [4.69, 9.17) is 9.47 Å². The van der Waals surface area contributed by atoms with Crippen LogP contribution in [0.1, 0.15) is 31.1 Å². The van der Waals surface area contributed by atoms with E-state index in [1.54, 1.807) is 31.4 Å². The third-order valence-electron chi connectivity index (χ3n) is 4.35. The molecular formula is C20H25N5O3S. The number of carbonyl (C=O) groups is 1. The summed E-state index contributed by atoms with van der Waals surface area (Å²) in [4.78, 5) is 12.5. The number of methoxy groups -OCH3 is 1. The van der Waals surface area contributed by atoms with Crippen LogP contribution in [0.3, 0.4) is 0 Å². The molecular weight excluding hydrogens is 390 g/mol. The van der Waals surface area contributed by atoms with Crippen molar-refractivity contribution >= 4 is 17.5 Å². The Labute approximate surface area is 174 Å². The summed E-state index contributed by atoms with van der Waals surface area (Å²) in [6.45, 7) is 7.88. The highest BCUT2D eigenvalue weighted by Gasteiger charge is 2.21. The molecule has 0 amide bonds. The van der Waals surface area contributed by atoms with Crippen LogP contribution < -0.4 is 9.47 Å². The van der Waals surface area contributed by atoms with E-state index in [2.05, 4.69) is 15.3 Å². The highest BCUT2D eigenvalue weighted by molar-refractivity contribution is 7.99. The van der Waals surface area contributed by atoms with Crippen LogP contribution in [0, 0.1) is 0 Å². The third-order valence-corrected chi connectivity index (χ3v) is 5.32.